The highest BCUT2D eigenvalue weighted by Crippen LogP contribution is 2.21. The summed E-state index contributed by atoms with van der Waals surface area (Å²) in [5.41, 5.74) is 0.713. The Morgan fingerprint density at radius 2 is 2.24 bits per heavy atom. The molecule has 96 valence electrons. The number of methoxy groups -OCH3 is 1. The predicted octanol–water partition coefficient (Wildman–Crippen LogP) is 2.72. The Morgan fingerprint density at radius 1 is 1.47 bits per heavy atom. The SMILES string of the molecule is CNC(CCSC)Cc1cccc(OC)c1F. The van der Waals surface area contributed by atoms with Gasteiger partial charge in [0.1, 0.15) is 0 Å². The molecule has 0 aliphatic rings. The molecule has 1 N–H and O–H groups in total. The van der Waals surface area contributed by atoms with Gasteiger partial charge in [-0.05, 0) is 43.5 Å². The van der Waals surface area contributed by atoms with E-state index in [9.17, 15) is 4.39 Å². The molecule has 1 aromatic rings. The van der Waals surface area contributed by atoms with Crippen molar-refractivity contribution in [3.8, 4) is 5.75 Å². The summed E-state index contributed by atoms with van der Waals surface area (Å²) in [6.45, 7) is 0. The maximum Gasteiger partial charge on any atom is 0.168 e. The summed E-state index contributed by atoms with van der Waals surface area (Å²) >= 11 is 1.81. The molecule has 2 nitrogen and oxygen atoms in total. The van der Waals surface area contributed by atoms with Crippen LogP contribution in [0.3, 0.4) is 0 Å². The van der Waals surface area contributed by atoms with Crippen LogP contribution in [0.2, 0.25) is 0 Å². The molecule has 1 unspecified atom stereocenters. The van der Waals surface area contributed by atoms with Crippen LogP contribution < -0.4 is 10.1 Å². The normalized spacial score (nSPS) is 12.5. The molecule has 0 amide bonds. The zero-order chi connectivity index (χ0) is 12.7. The van der Waals surface area contributed by atoms with Crippen LogP contribution in [-0.2, 0) is 6.42 Å². The van der Waals surface area contributed by atoms with Crippen molar-refractivity contribution in [2.45, 2.75) is 18.9 Å². The van der Waals surface area contributed by atoms with Crippen LogP contribution in [0.25, 0.3) is 0 Å². The molecule has 0 heterocycles. The second-order valence-corrected chi connectivity index (χ2v) is 4.89. The van der Waals surface area contributed by atoms with Crippen molar-refractivity contribution < 1.29 is 9.13 Å². The van der Waals surface area contributed by atoms with Crippen molar-refractivity contribution in [3.05, 3.63) is 29.6 Å². The molecule has 17 heavy (non-hydrogen) atoms. The number of ether oxygens (including phenoxy) is 1. The first-order chi connectivity index (χ1) is 8.22. The highest BCUT2D eigenvalue weighted by Gasteiger charge is 2.13. The van der Waals surface area contributed by atoms with Crippen LogP contribution in [0.15, 0.2) is 18.2 Å². The Kier molecular flexibility index (Phi) is 6.37. The van der Waals surface area contributed by atoms with Gasteiger partial charge in [0.25, 0.3) is 0 Å². The summed E-state index contributed by atoms with van der Waals surface area (Å²) in [7, 11) is 3.41. The van der Waals surface area contributed by atoms with Crippen LogP contribution in [0.5, 0.6) is 5.75 Å². The maximum atomic E-state index is 13.9. The van der Waals surface area contributed by atoms with Gasteiger partial charge in [0.05, 0.1) is 7.11 Å². The second-order valence-electron chi connectivity index (χ2n) is 3.90. The van der Waals surface area contributed by atoms with Crippen LogP contribution in [0, 0.1) is 5.82 Å². The van der Waals surface area contributed by atoms with E-state index in [4.69, 9.17) is 4.74 Å². The van der Waals surface area contributed by atoms with E-state index in [1.54, 1.807) is 6.07 Å². The molecule has 0 bridgehead atoms. The molecular formula is C13H20FNOS. The van der Waals surface area contributed by atoms with Crippen molar-refractivity contribution in [1.29, 1.82) is 0 Å². The van der Waals surface area contributed by atoms with E-state index in [0.717, 1.165) is 12.2 Å². The van der Waals surface area contributed by atoms with E-state index in [0.29, 0.717) is 23.8 Å². The molecule has 0 saturated heterocycles. The average Bonchev–Trinajstić information content (AvgIpc) is 2.36. The van der Waals surface area contributed by atoms with Gasteiger partial charge in [-0.25, -0.2) is 4.39 Å². The third-order valence-electron chi connectivity index (χ3n) is 2.81. The summed E-state index contributed by atoms with van der Waals surface area (Å²) in [4.78, 5) is 0. The lowest BCUT2D eigenvalue weighted by molar-refractivity contribution is 0.382. The van der Waals surface area contributed by atoms with Gasteiger partial charge in [-0.3, -0.25) is 0 Å². The molecule has 0 saturated carbocycles. The monoisotopic (exact) mass is 257 g/mol. The minimum Gasteiger partial charge on any atom is -0.494 e. The fourth-order valence-corrected chi connectivity index (χ4v) is 2.27. The summed E-state index contributed by atoms with van der Waals surface area (Å²) in [6.07, 6.45) is 3.81. The second kappa shape index (κ2) is 7.56. The molecule has 0 spiro atoms. The first-order valence-corrected chi connectivity index (χ1v) is 7.09. The Hall–Kier alpha value is -0.740. The quantitative estimate of drug-likeness (QED) is 0.811. The largest absolute Gasteiger partial charge is 0.494 e. The molecule has 1 atom stereocenters. The van der Waals surface area contributed by atoms with E-state index < -0.39 is 0 Å². The van der Waals surface area contributed by atoms with Gasteiger partial charge in [0.15, 0.2) is 11.6 Å². The van der Waals surface area contributed by atoms with Gasteiger partial charge in [0, 0.05) is 6.04 Å². The van der Waals surface area contributed by atoms with Gasteiger partial charge in [-0.15, -0.1) is 0 Å². The molecule has 0 fully saturated rings. The third-order valence-corrected chi connectivity index (χ3v) is 3.45. The van der Waals surface area contributed by atoms with Crippen molar-refractivity contribution in [2.75, 3.05) is 26.2 Å². The van der Waals surface area contributed by atoms with Gasteiger partial charge >= 0.3 is 0 Å². The van der Waals surface area contributed by atoms with E-state index in [1.807, 2.05) is 30.9 Å². The summed E-state index contributed by atoms with van der Waals surface area (Å²) in [5, 5.41) is 3.23. The Labute approximate surface area is 107 Å². The zero-order valence-electron chi connectivity index (χ0n) is 10.6. The highest BCUT2D eigenvalue weighted by molar-refractivity contribution is 7.98. The van der Waals surface area contributed by atoms with Crippen LogP contribution >= 0.6 is 11.8 Å². The molecule has 0 radical (unpaired) electrons. The van der Waals surface area contributed by atoms with Crippen molar-refractivity contribution in [1.82, 2.24) is 5.32 Å². The van der Waals surface area contributed by atoms with Gasteiger partial charge in [-0.1, -0.05) is 12.1 Å². The van der Waals surface area contributed by atoms with E-state index in [1.165, 1.54) is 7.11 Å². The summed E-state index contributed by atoms with van der Waals surface area (Å²) in [6, 6.07) is 5.61. The number of hydrogen-bond donors (Lipinski definition) is 1. The molecule has 4 heteroatoms. The molecular weight excluding hydrogens is 237 g/mol. The van der Waals surface area contributed by atoms with Crippen molar-refractivity contribution in [3.63, 3.8) is 0 Å². The maximum absolute atomic E-state index is 13.9. The lowest BCUT2D eigenvalue weighted by atomic mass is 10.0. The predicted molar refractivity (Wildman–Crippen MR) is 72.5 cm³/mol. The smallest absolute Gasteiger partial charge is 0.168 e. The van der Waals surface area contributed by atoms with Crippen molar-refractivity contribution >= 4 is 11.8 Å². The lowest BCUT2D eigenvalue weighted by Crippen LogP contribution is -2.28. The van der Waals surface area contributed by atoms with Crippen molar-refractivity contribution in [2.24, 2.45) is 0 Å². The van der Waals surface area contributed by atoms with Crippen LogP contribution in [-0.4, -0.2) is 32.2 Å². The average molecular weight is 257 g/mol. The first kappa shape index (κ1) is 14.3. The zero-order valence-corrected chi connectivity index (χ0v) is 11.4. The topological polar surface area (TPSA) is 21.3 Å². The number of nitrogens with one attached hydrogen (secondary N) is 1. The minimum absolute atomic E-state index is 0.237. The minimum atomic E-state index is -0.237. The van der Waals surface area contributed by atoms with Gasteiger partial charge in [0.2, 0.25) is 0 Å². The number of likely N-dealkylation sites (N-methyl/N-ethyl adjacent to an activating group) is 1. The Balaban J connectivity index is 2.72. The molecule has 0 aliphatic carbocycles. The van der Waals surface area contributed by atoms with Crippen LogP contribution in [0.1, 0.15) is 12.0 Å². The summed E-state index contributed by atoms with van der Waals surface area (Å²) in [5.74, 6) is 1.17. The van der Waals surface area contributed by atoms with Gasteiger partial charge in [-0.2, -0.15) is 11.8 Å². The molecule has 1 rings (SSSR count). The molecule has 1 aromatic carbocycles. The van der Waals surface area contributed by atoms with Gasteiger partial charge < -0.3 is 10.1 Å². The number of benzene rings is 1. The van der Waals surface area contributed by atoms with Crippen LogP contribution in [0.4, 0.5) is 4.39 Å². The number of thioether (sulfide) groups is 1. The van der Waals surface area contributed by atoms with E-state index in [-0.39, 0.29) is 5.82 Å². The number of rotatable bonds is 7. The number of hydrogen-bond acceptors (Lipinski definition) is 3. The number of halogens is 1. The fraction of sp³-hybridized carbons (Fsp3) is 0.538. The van der Waals surface area contributed by atoms with E-state index >= 15 is 0 Å². The Morgan fingerprint density at radius 3 is 2.82 bits per heavy atom. The standard InChI is InChI=1S/C13H20FNOS/c1-15-11(7-8-17-3)9-10-5-4-6-12(16-2)13(10)14/h4-6,11,15H,7-9H2,1-3H3. The Bertz CT molecular complexity index is 346. The fourth-order valence-electron chi connectivity index (χ4n) is 1.75. The highest BCUT2D eigenvalue weighted by atomic mass is 32.2. The molecule has 0 aliphatic heterocycles. The first-order valence-electron chi connectivity index (χ1n) is 5.70. The lowest BCUT2D eigenvalue weighted by Gasteiger charge is -2.16. The molecule has 0 aromatic heterocycles. The van der Waals surface area contributed by atoms with E-state index in [2.05, 4.69) is 11.6 Å². The summed E-state index contributed by atoms with van der Waals surface area (Å²) < 4.78 is 18.9. The third kappa shape index (κ3) is 4.21.